The first-order valence-electron chi connectivity index (χ1n) is 19.9. The highest BCUT2D eigenvalue weighted by Crippen LogP contribution is 2.21. The van der Waals surface area contributed by atoms with Crippen LogP contribution in [0.4, 0.5) is 5.69 Å². The van der Waals surface area contributed by atoms with Gasteiger partial charge in [0.1, 0.15) is 12.1 Å². The molecule has 0 radical (unpaired) electrons. The number of carboxylic acid groups (broad SMARTS) is 1. The van der Waals surface area contributed by atoms with Crippen molar-refractivity contribution in [3.8, 4) is 0 Å². The predicted octanol–water partition coefficient (Wildman–Crippen LogP) is 4.04. The molecule has 0 saturated carbocycles. The Hall–Kier alpha value is -6.68. The molecule has 2 bridgehead atoms. The summed E-state index contributed by atoms with van der Waals surface area (Å²) in [5.41, 5.74) is 2.72. The zero-order valence-corrected chi connectivity index (χ0v) is 35.6. The van der Waals surface area contributed by atoms with Gasteiger partial charge in [-0.25, -0.2) is 0 Å². The van der Waals surface area contributed by atoms with Gasteiger partial charge in [-0.2, -0.15) is 0 Å². The van der Waals surface area contributed by atoms with Crippen LogP contribution in [0.5, 0.6) is 0 Å². The molecule has 2 heterocycles. The first-order valence-corrected chi connectivity index (χ1v) is 20.7. The fraction of sp³-hybridized carbons (Fsp3) is 0.304. The SMILES string of the molecule is CC(=O)O[C@H]1C(=O)Nc2ccc(cc2)C[C@H](C(=O)O)CC(=O)[C@@H](CCc2ccccc2)NC(=O)[C@H](Cc2ccc(Br)cc2)NC(=O)[C@@H](Cc2ccccc2)NC(=O)[C@@H]1OC(C)=O. The molecule has 2 aliphatic heterocycles. The molecule has 324 valence electrons. The standard InChI is InChI=1S/C46H47BrN4O11/c1-27(52)61-40-41(62-28(2)53)45(58)51-38(24-30-11-7-4-8-12-30)43(56)50-37(25-32-13-18-34(47)19-14-32)42(55)49-36(22-17-29-9-5-3-6-10-29)39(54)26-33(46(59)60)23-31-15-20-35(21-16-31)48-44(40)57/h3-16,18-21,33,36-38,40-41H,17,22-26H2,1-2H3,(H,48,57)(H,49,55)(H,50,56)(H,51,58)(H,59,60)/t33-,36+,37-,38+,40+,41+/m0/s1. The number of hydrogen-bond acceptors (Lipinski definition) is 10. The average Bonchev–Trinajstić information content (AvgIpc) is 3.24. The number of ketones is 1. The van der Waals surface area contributed by atoms with Crippen LogP contribution < -0.4 is 21.3 Å². The smallest absolute Gasteiger partial charge is 0.307 e. The van der Waals surface area contributed by atoms with Crippen molar-refractivity contribution in [2.45, 2.75) is 82.7 Å². The Kier molecular flexibility index (Phi) is 16.6. The topological polar surface area (TPSA) is 223 Å². The lowest BCUT2D eigenvalue weighted by atomic mass is 9.90. The maximum absolute atomic E-state index is 14.5. The van der Waals surface area contributed by atoms with E-state index in [-0.39, 0.29) is 31.4 Å². The predicted molar refractivity (Wildman–Crippen MR) is 229 cm³/mol. The van der Waals surface area contributed by atoms with E-state index in [9.17, 15) is 43.5 Å². The molecular weight excluding hydrogens is 864 g/mol. The number of fused-ring (bicyclic) bond motifs is 18. The third kappa shape index (κ3) is 13.9. The molecule has 6 atom stereocenters. The summed E-state index contributed by atoms with van der Waals surface area (Å²) < 4.78 is 11.3. The molecule has 0 fully saturated rings. The van der Waals surface area contributed by atoms with Crippen molar-refractivity contribution in [2.24, 2.45) is 5.92 Å². The number of aliphatic carboxylic acids is 1. The van der Waals surface area contributed by atoms with Gasteiger partial charge in [-0.05, 0) is 65.8 Å². The molecule has 0 aliphatic carbocycles. The highest BCUT2D eigenvalue weighted by molar-refractivity contribution is 9.10. The fourth-order valence-corrected chi connectivity index (χ4v) is 7.17. The largest absolute Gasteiger partial charge is 0.481 e. The summed E-state index contributed by atoms with van der Waals surface area (Å²) in [4.78, 5) is 108. The van der Waals surface area contributed by atoms with Gasteiger partial charge in [0.15, 0.2) is 5.78 Å². The van der Waals surface area contributed by atoms with Gasteiger partial charge in [-0.1, -0.05) is 101 Å². The minimum absolute atomic E-state index is 0.0746. The maximum atomic E-state index is 14.5. The first-order chi connectivity index (χ1) is 29.6. The molecule has 0 unspecified atom stereocenters. The van der Waals surface area contributed by atoms with Gasteiger partial charge < -0.3 is 35.8 Å². The van der Waals surface area contributed by atoms with E-state index < -0.39 is 90.0 Å². The van der Waals surface area contributed by atoms with Crippen LogP contribution in [0.1, 0.15) is 48.9 Å². The van der Waals surface area contributed by atoms with E-state index in [0.717, 1.165) is 23.9 Å². The van der Waals surface area contributed by atoms with Crippen molar-refractivity contribution in [1.29, 1.82) is 0 Å². The summed E-state index contributed by atoms with van der Waals surface area (Å²) in [7, 11) is 0. The molecule has 62 heavy (non-hydrogen) atoms. The van der Waals surface area contributed by atoms with Crippen molar-refractivity contribution in [2.75, 3.05) is 5.32 Å². The highest BCUT2D eigenvalue weighted by Gasteiger charge is 2.41. The molecule has 0 spiro atoms. The normalized spacial score (nSPS) is 21.6. The number of aryl methyl sites for hydroxylation is 1. The lowest BCUT2D eigenvalue weighted by Crippen LogP contribution is -2.59. The Morgan fingerprint density at radius 3 is 1.61 bits per heavy atom. The third-order valence-electron chi connectivity index (χ3n) is 10.0. The van der Waals surface area contributed by atoms with Crippen LogP contribution in [0.2, 0.25) is 0 Å². The number of esters is 2. The van der Waals surface area contributed by atoms with Crippen LogP contribution in [-0.4, -0.2) is 82.8 Å². The van der Waals surface area contributed by atoms with Gasteiger partial charge in [0.25, 0.3) is 11.8 Å². The van der Waals surface area contributed by atoms with Gasteiger partial charge in [-0.3, -0.25) is 38.4 Å². The fourth-order valence-electron chi connectivity index (χ4n) is 6.91. The van der Waals surface area contributed by atoms with Crippen molar-refractivity contribution in [1.82, 2.24) is 16.0 Å². The number of anilines is 1. The molecule has 6 rings (SSSR count). The van der Waals surface area contributed by atoms with Gasteiger partial charge in [-0.15, -0.1) is 0 Å². The number of halogens is 1. The summed E-state index contributed by atoms with van der Waals surface area (Å²) in [6.45, 7) is 1.97. The molecular formula is C46H47BrN4O11. The molecule has 5 N–H and O–H groups in total. The number of carboxylic acids is 1. The number of carbonyl (C=O) groups excluding carboxylic acids is 7. The number of Topliss-reactive ketones (excluding diaryl/α,β-unsaturated/α-hetero) is 1. The van der Waals surface area contributed by atoms with Gasteiger partial charge in [0.2, 0.25) is 24.0 Å². The van der Waals surface area contributed by atoms with E-state index in [2.05, 4.69) is 37.2 Å². The second-order valence-corrected chi connectivity index (χ2v) is 15.8. The van der Waals surface area contributed by atoms with E-state index in [1.807, 2.05) is 30.3 Å². The Bertz CT molecular complexity index is 2240. The van der Waals surface area contributed by atoms with Crippen molar-refractivity contribution in [3.63, 3.8) is 0 Å². The molecule has 4 aromatic rings. The van der Waals surface area contributed by atoms with Crippen LogP contribution >= 0.6 is 15.9 Å². The minimum atomic E-state index is -2.09. The summed E-state index contributed by atoms with van der Waals surface area (Å²) in [6.07, 6.45) is -4.42. The molecule has 4 aromatic carbocycles. The Labute approximate surface area is 366 Å². The number of nitrogens with one attached hydrogen (secondary N) is 4. The van der Waals surface area contributed by atoms with Gasteiger partial charge in [0.05, 0.1) is 12.0 Å². The van der Waals surface area contributed by atoms with E-state index in [0.29, 0.717) is 23.1 Å². The zero-order valence-electron chi connectivity index (χ0n) is 34.0. The molecule has 0 aromatic heterocycles. The zero-order chi connectivity index (χ0) is 44.8. The van der Waals surface area contributed by atoms with Crippen molar-refractivity contribution < 1.29 is 52.9 Å². The number of hydrogen-bond donors (Lipinski definition) is 5. The van der Waals surface area contributed by atoms with Crippen molar-refractivity contribution in [3.05, 3.63) is 136 Å². The molecule has 4 amide bonds. The van der Waals surface area contributed by atoms with Crippen LogP contribution in [-0.2, 0) is 73.5 Å². The lowest BCUT2D eigenvalue weighted by Gasteiger charge is -2.28. The summed E-state index contributed by atoms with van der Waals surface area (Å²) >= 11 is 3.40. The van der Waals surface area contributed by atoms with Gasteiger partial charge >= 0.3 is 17.9 Å². The number of benzene rings is 4. The van der Waals surface area contributed by atoms with Gasteiger partial charge in [0, 0.05) is 43.3 Å². The Morgan fingerprint density at radius 1 is 0.597 bits per heavy atom. The average molecular weight is 912 g/mol. The number of amides is 4. The summed E-state index contributed by atoms with van der Waals surface area (Å²) in [5.74, 6) is -8.84. The molecule has 16 heteroatoms. The minimum Gasteiger partial charge on any atom is -0.481 e. The number of ether oxygens (including phenoxy) is 2. The third-order valence-corrected chi connectivity index (χ3v) is 10.6. The van der Waals surface area contributed by atoms with Crippen LogP contribution in [0, 0.1) is 5.92 Å². The second kappa shape index (κ2) is 22.2. The van der Waals surface area contributed by atoms with Crippen molar-refractivity contribution >= 4 is 68.9 Å². The second-order valence-electron chi connectivity index (χ2n) is 14.9. The summed E-state index contributed by atoms with van der Waals surface area (Å²) in [5, 5.41) is 20.9. The lowest BCUT2D eigenvalue weighted by molar-refractivity contribution is -0.173. The quantitative estimate of drug-likeness (QED) is 0.113. The van der Waals surface area contributed by atoms with Crippen LogP contribution in [0.15, 0.2) is 114 Å². The Morgan fingerprint density at radius 2 is 1.08 bits per heavy atom. The molecule has 2 aliphatic rings. The number of rotatable bonds is 10. The Balaban J connectivity index is 1.60. The monoisotopic (exact) mass is 910 g/mol. The van der Waals surface area contributed by atoms with E-state index in [4.69, 9.17) is 9.47 Å². The highest BCUT2D eigenvalue weighted by atomic mass is 79.9. The molecule has 0 saturated heterocycles. The van der Waals surface area contributed by atoms with Crippen LogP contribution in [0.3, 0.4) is 0 Å². The first kappa shape index (κ1) is 46.4. The van der Waals surface area contributed by atoms with E-state index in [1.54, 1.807) is 54.6 Å². The van der Waals surface area contributed by atoms with E-state index in [1.165, 1.54) is 24.3 Å². The van der Waals surface area contributed by atoms with E-state index >= 15 is 0 Å². The van der Waals surface area contributed by atoms with Crippen LogP contribution in [0.25, 0.3) is 0 Å². The number of carbonyl (C=O) groups is 8. The summed E-state index contributed by atoms with van der Waals surface area (Å²) in [6, 6.07) is 26.7. The maximum Gasteiger partial charge on any atom is 0.307 e. The molecule has 15 nitrogen and oxygen atoms in total.